The van der Waals surface area contributed by atoms with Gasteiger partial charge in [0.05, 0.1) is 6.10 Å². The number of nitrogens with one attached hydrogen (secondary N) is 1. The number of benzene rings is 2. The summed E-state index contributed by atoms with van der Waals surface area (Å²) in [7, 11) is 0. The van der Waals surface area contributed by atoms with Gasteiger partial charge >= 0.3 is 0 Å². The van der Waals surface area contributed by atoms with Crippen LogP contribution in [0.4, 0.5) is 14.5 Å². The SMILES string of the molecule is CC(C)Oc1ccccc1CNc1c(F)cc(Br)cc1F. The smallest absolute Gasteiger partial charge is 0.150 e. The average Bonchev–Trinajstić information content (AvgIpc) is 2.38. The lowest BCUT2D eigenvalue weighted by molar-refractivity contribution is 0.240. The van der Waals surface area contributed by atoms with E-state index in [0.29, 0.717) is 10.2 Å². The molecule has 0 unspecified atom stereocenters. The van der Waals surface area contributed by atoms with Crippen LogP contribution in [0.2, 0.25) is 0 Å². The van der Waals surface area contributed by atoms with E-state index in [4.69, 9.17) is 4.74 Å². The molecule has 0 spiro atoms. The van der Waals surface area contributed by atoms with Gasteiger partial charge in [0.2, 0.25) is 0 Å². The van der Waals surface area contributed by atoms with Gasteiger partial charge in [-0.3, -0.25) is 0 Å². The molecule has 5 heteroatoms. The molecule has 2 rings (SSSR count). The highest BCUT2D eigenvalue weighted by molar-refractivity contribution is 9.10. The van der Waals surface area contributed by atoms with Crippen molar-refractivity contribution in [3.8, 4) is 5.75 Å². The molecule has 0 saturated carbocycles. The zero-order valence-corrected chi connectivity index (χ0v) is 13.4. The quantitative estimate of drug-likeness (QED) is 0.802. The van der Waals surface area contributed by atoms with Gasteiger partial charge in [-0.25, -0.2) is 8.78 Å². The molecule has 0 atom stereocenters. The second-order valence-electron chi connectivity index (χ2n) is 4.87. The lowest BCUT2D eigenvalue weighted by Gasteiger charge is -2.15. The lowest BCUT2D eigenvalue weighted by atomic mass is 10.2. The summed E-state index contributed by atoms with van der Waals surface area (Å²) in [4.78, 5) is 0. The van der Waals surface area contributed by atoms with Gasteiger partial charge in [-0.1, -0.05) is 34.1 Å². The highest BCUT2D eigenvalue weighted by Gasteiger charge is 2.11. The minimum Gasteiger partial charge on any atom is -0.491 e. The normalized spacial score (nSPS) is 10.8. The minimum absolute atomic E-state index is 0.0345. The molecule has 21 heavy (non-hydrogen) atoms. The molecular weight excluding hydrogens is 340 g/mol. The molecule has 0 radical (unpaired) electrons. The van der Waals surface area contributed by atoms with Crippen LogP contribution in [0.15, 0.2) is 40.9 Å². The molecule has 0 aromatic heterocycles. The first-order valence-corrected chi connectivity index (χ1v) is 7.39. The predicted octanol–water partition coefficient (Wildman–Crippen LogP) is 5.13. The van der Waals surface area contributed by atoms with Crippen molar-refractivity contribution < 1.29 is 13.5 Å². The standard InChI is InChI=1S/C16H16BrF2NO/c1-10(2)21-15-6-4-3-5-11(15)9-20-16-13(18)7-12(17)8-14(16)19/h3-8,10,20H,9H2,1-2H3. The van der Waals surface area contributed by atoms with E-state index < -0.39 is 11.6 Å². The summed E-state index contributed by atoms with van der Waals surface area (Å²) in [5, 5.41) is 2.79. The van der Waals surface area contributed by atoms with E-state index in [9.17, 15) is 8.78 Å². The van der Waals surface area contributed by atoms with Crippen LogP contribution in [0.1, 0.15) is 19.4 Å². The van der Waals surface area contributed by atoms with Crippen molar-refractivity contribution in [2.45, 2.75) is 26.5 Å². The molecule has 2 nitrogen and oxygen atoms in total. The Morgan fingerprint density at radius 3 is 2.38 bits per heavy atom. The Morgan fingerprint density at radius 2 is 1.76 bits per heavy atom. The number of ether oxygens (including phenoxy) is 1. The topological polar surface area (TPSA) is 21.3 Å². The molecule has 2 aromatic carbocycles. The summed E-state index contributed by atoms with van der Waals surface area (Å²) in [5.74, 6) is -0.564. The third-order valence-corrected chi connectivity index (χ3v) is 3.26. The predicted molar refractivity (Wildman–Crippen MR) is 83.6 cm³/mol. The molecule has 0 aliphatic carbocycles. The van der Waals surface area contributed by atoms with E-state index in [1.54, 1.807) is 0 Å². The fraction of sp³-hybridized carbons (Fsp3) is 0.250. The van der Waals surface area contributed by atoms with E-state index in [-0.39, 0.29) is 18.3 Å². The van der Waals surface area contributed by atoms with Crippen molar-refractivity contribution >= 4 is 21.6 Å². The summed E-state index contributed by atoms with van der Waals surface area (Å²) < 4.78 is 33.6. The maximum Gasteiger partial charge on any atom is 0.150 e. The Morgan fingerprint density at radius 1 is 1.14 bits per heavy atom. The van der Waals surface area contributed by atoms with E-state index in [0.717, 1.165) is 5.56 Å². The Bertz CT molecular complexity index is 608. The second-order valence-corrected chi connectivity index (χ2v) is 5.79. The maximum atomic E-state index is 13.8. The number of rotatable bonds is 5. The van der Waals surface area contributed by atoms with Gasteiger partial charge < -0.3 is 10.1 Å². The first-order chi connectivity index (χ1) is 9.97. The Hall–Kier alpha value is -1.62. The average molecular weight is 356 g/mol. The molecule has 0 aliphatic heterocycles. The van der Waals surface area contributed by atoms with Crippen LogP contribution in [-0.4, -0.2) is 6.10 Å². The molecule has 2 aromatic rings. The molecule has 0 fully saturated rings. The summed E-state index contributed by atoms with van der Waals surface area (Å²) in [6.45, 7) is 4.13. The van der Waals surface area contributed by atoms with Crippen LogP contribution < -0.4 is 10.1 Å². The Kier molecular flexibility index (Phi) is 5.17. The number of anilines is 1. The van der Waals surface area contributed by atoms with Gasteiger partial charge in [0.25, 0.3) is 0 Å². The molecule has 0 bridgehead atoms. The van der Waals surface area contributed by atoms with E-state index in [1.165, 1.54) is 12.1 Å². The summed E-state index contributed by atoms with van der Waals surface area (Å²) in [6, 6.07) is 9.87. The fourth-order valence-electron chi connectivity index (χ4n) is 1.91. The van der Waals surface area contributed by atoms with Crippen LogP contribution in [0.3, 0.4) is 0 Å². The van der Waals surface area contributed by atoms with Gasteiger partial charge in [0, 0.05) is 16.6 Å². The molecule has 1 N–H and O–H groups in total. The number of halogens is 3. The number of hydrogen-bond donors (Lipinski definition) is 1. The van der Waals surface area contributed by atoms with Crippen molar-refractivity contribution in [2.75, 3.05) is 5.32 Å². The van der Waals surface area contributed by atoms with E-state index in [1.807, 2.05) is 38.1 Å². The summed E-state index contributed by atoms with van der Waals surface area (Å²) >= 11 is 3.05. The first kappa shape index (κ1) is 15.8. The highest BCUT2D eigenvalue weighted by Crippen LogP contribution is 2.26. The molecule has 0 saturated heterocycles. The number of para-hydroxylation sites is 1. The second kappa shape index (κ2) is 6.89. The largest absolute Gasteiger partial charge is 0.491 e. The van der Waals surface area contributed by atoms with Crippen molar-refractivity contribution in [3.05, 3.63) is 58.1 Å². The van der Waals surface area contributed by atoms with Crippen LogP contribution >= 0.6 is 15.9 Å². The van der Waals surface area contributed by atoms with Gasteiger partial charge in [-0.2, -0.15) is 0 Å². The van der Waals surface area contributed by atoms with Crippen molar-refractivity contribution in [1.29, 1.82) is 0 Å². The molecule has 112 valence electrons. The van der Waals surface area contributed by atoms with Crippen molar-refractivity contribution in [2.24, 2.45) is 0 Å². The lowest BCUT2D eigenvalue weighted by Crippen LogP contribution is -2.10. The van der Waals surface area contributed by atoms with Crippen molar-refractivity contribution in [1.82, 2.24) is 0 Å². The third kappa shape index (κ3) is 4.17. The first-order valence-electron chi connectivity index (χ1n) is 6.60. The third-order valence-electron chi connectivity index (χ3n) is 2.80. The zero-order chi connectivity index (χ0) is 15.4. The highest BCUT2D eigenvalue weighted by atomic mass is 79.9. The summed E-state index contributed by atoms with van der Waals surface area (Å²) in [5.41, 5.74) is 0.700. The Balaban J connectivity index is 2.17. The van der Waals surface area contributed by atoms with Crippen LogP contribution in [0, 0.1) is 11.6 Å². The van der Waals surface area contributed by atoms with E-state index in [2.05, 4.69) is 21.2 Å². The minimum atomic E-state index is -0.635. The van der Waals surface area contributed by atoms with Gasteiger partial charge in [0.1, 0.15) is 23.1 Å². The molecule has 0 heterocycles. The van der Waals surface area contributed by atoms with E-state index >= 15 is 0 Å². The monoisotopic (exact) mass is 355 g/mol. The molecule has 0 amide bonds. The zero-order valence-electron chi connectivity index (χ0n) is 11.8. The molecule has 0 aliphatic rings. The van der Waals surface area contributed by atoms with Crippen LogP contribution in [0.5, 0.6) is 5.75 Å². The number of hydrogen-bond acceptors (Lipinski definition) is 2. The maximum absolute atomic E-state index is 13.8. The molecular formula is C16H16BrF2NO. The van der Waals surface area contributed by atoms with Gasteiger partial charge in [-0.05, 0) is 32.0 Å². The Labute approximate surface area is 131 Å². The fourth-order valence-corrected chi connectivity index (χ4v) is 2.32. The van der Waals surface area contributed by atoms with Crippen molar-refractivity contribution in [3.63, 3.8) is 0 Å². The van der Waals surface area contributed by atoms with Gasteiger partial charge in [-0.15, -0.1) is 0 Å². The van der Waals surface area contributed by atoms with Gasteiger partial charge in [0.15, 0.2) is 0 Å². The van der Waals surface area contributed by atoms with Crippen LogP contribution in [-0.2, 0) is 6.54 Å². The van der Waals surface area contributed by atoms with Crippen LogP contribution in [0.25, 0.3) is 0 Å². The summed E-state index contributed by atoms with van der Waals surface area (Å²) in [6.07, 6.45) is 0.0345.